The Morgan fingerprint density at radius 1 is 0.557 bits per heavy atom. The molecule has 8 aromatic rings. The number of hydrogen-bond donors (Lipinski definition) is 10. The molecule has 0 aliphatic carbocycles. The second-order valence-electron chi connectivity index (χ2n) is 17.1. The number of methoxy groups -OCH3 is 1. The van der Waals surface area contributed by atoms with E-state index < -0.39 is 196 Å². The fourth-order valence-corrected chi connectivity index (χ4v) is 12.5. The summed E-state index contributed by atoms with van der Waals surface area (Å²) in [5.74, 6) is -3.69. The summed E-state index contributed by atoms with van der Waals surface area (Å²) in [5, 5.41) is 83.6. The summed E-state index contributed by atoms with van der Waals surface area (Å²) in [6.45, 7) is 0. The van der Waals surface area contributed by atoms with Gasteiger partial charge in [-0.2, -0.15) is 70.7 Å². The fraction of sp³-hybridized carbons (Fsp3) is 0.0233. The molecule has 7 aromatic carbocycles. The minimum Gasteiger partial charge on any atom is -0.505 e. The predicted molar refractivity (Wildman–Crippen MR) is 297 cm³/mol. The predicted octanol–water partition coefficient (Wildman–Crippen LogP) is 9.11. The summed E-state index contributed by atoms with van der Waals surface area (Å²) >= 11 is 12.5. The number of aromatic nitrogens is 2. The van der Waals surface area contributed by atoms with Crippen LogP contribution in [0.4, 0.5) is 56.9 Å². The summed E-state index contributed by atoms with van der Waals surface area (Å²) in [6.07, 6.45) is 0. The smallest absolute Gasteiger partial charge is 0.297 e. The molecule has 0 saturated carbocycles. The van der Waals surface area contributed by atoms with Crippen LogP contribution in [-0.2, 0) is 60.7 Å². The molecule has 0 radical (unpaired) electrons. The number of phenols is 2. The molecular weight excluding hydrogens is 1350 g/mol. The highest BCUT2D eigenvalue weighted by Gasteiger charge is 2.32. The number of nitriles is 1. The largest absolute Gasteiger partial charge is 0.505 e. The number of nitrogens with zero attached hydrogens (tertiary/aromatic N) is 12. The molecule has 0 amide bonds. The first-order chi connectivity index (χ1) is 40.7. The average Bonchev–Trinajstić information content (AvgIpc) is 0.930. The Bertz CT molecular complexity index is 5330. The summed E-state index contributed by atoms with van der Waals surface area (Å²) in [6, 6.07) is 10.1. The van der Waals surface area contributed by atoms with Crippen LogP contribution in [0.1, 0.15) is 5.69 Å². The summed E-state index contributed by atoms with van der Waals surface area (Å²) in [7, 11) is -32.3. The summed E-state index contributed by atoms with van der Waals surface area (Å²) < 4.78 is 219. The third-order valence-corrected chi connectivity index (χ3v) is 17.6. The van der Waals surface area contributed by atoms with Crippen molar-refractivity contribution < 1.29 is 103 Å². The highest BCUT2D eigenvalue weighted by Crippen LogP contribution is 2.50. The molecule has 0 aliphatic rings. The van der Waals surface area contributed by atoms with Crippen LogP contribution in [0.2, 0.25) is 10.0 Å². The van der Waals surface area contributed by atoms with Crippen LogP contribution in [-0.4, -0.2) is 115 Å². The van der Waals surface area contributed by atoms with E-state index in [1.54, 1.807) is 6.07 Å². The van der Waals surface area contributed by atoms with E-state index in [1.165, 1.54) is 19.2 Å². The lowest BCUT2D eigenvalue weighted by molar-refractivity contribution is -0.385. The number of nitrogens with two attached hydrogens (primary N) is 1. The zero-order valence-corrected chi connectivity index (χ0v) is 48.7. The van der Waals surface area contributed by atoms with Crippen molar-refractivity contribution >= 4 is 162 Å². The maximum Gasteiger partial charge on any atom is 0.297 e. The number of fused-ring (bicyclic) bond motifs is 2. The lowest BCUT2D eigenvalue weighted by atomic mass is 10.0. The summed E-state index contributed by atoms with van der Waals surface area (Å²) in [4.78, 5) is 1.86. The number of non-ortho nitro benzene ring substituents is 1. The van der Waals surface area contributed by atoms with Gasteiger partial charge in [0.1, 0.15) is 75.3 Å². The molecule has 0 spiro atoms. The molecule has 0 bridgehead atoms. The molecule has 8 rings (SSSR count). The van der Waals surface area contributed by atoms with Crippen molar-refractivity contribution in [3.05, 3.63) is 105 Å². The van der Waals surface area contributed by atoms with Gasteiger partial charge in [-0.25, -0.2) is 0 Å². The summed E-state index contributed by atoms with van der Waals surface area (Å²) in [5.41, 5.74) is -4.05. The van der Waals surface area contributed by atoms with E-state index in [2.05, 4.69) is 46.0 Å². The standard InChI is InChI=1S/C43H27Cl2N13O24S6/c1-82-29-13-21(44)28(12-22(29)45)57-43(61)37(27(15-46)56-57)53-49-23-5-2-16(8-31(23)84(67,68)69)48-54-38-33(86(73,74)75)10-19-18(40(38)59)4-7-25(42(19)88(79,80)81)51-52-26-14-30(83(64,65)66)20-11-34(87(76,77)78)39(41(60)35(20)36(26)47)55-50-24-6-3-17(58(62)63)9-32(24)85(70,71)72/h2-14,59-61H,47H2,1H3,(H,64,65,66)(H,67,68,69)(H,70,71,72)(H,73,74,75)(H,76,77,78)(H,79,80,81). The second kappa shape index (κ2) is 23.0. The van der Waals surface area contributed by atoms with Crippen LogP contribution < -0.4 is 10.5 Å². The van der Waals surface area contributed by atoms with Gasteiger partial charge in [-0.05, 0) is 60.7 Å². The van der Waals surface area contributed by atoms with Gasteiger partial charge in [-0.15, -0.1) is 35.8 Å². The number of azo groups is 4. The molecule has 0 saturated heterocycles. The van der Waals surface area contributed by atoms with Gasteiger partial charge < -0.3 is 25.8 Å². The van der Waals surface area contributed by atoms with Crippen molar-refractivity contribution in [3.63, 3.8) is 0 Å². The van der Waals surface area contributed by atoms with Crippen molar-refractivity contribution in [2.24, 2.45) is 40.9 Å². The first-order valence-corrected chi connectivity index (χ1v) is 31.7. The average molecular weight is 1370 g/mol. The fourth-order valence-electron chi connectivity index (χ4n) is 7.88. The number of hydrogen-bond acceptors (Lipinski definition) is 29. The van der Waals surface area contributed by atoms with E-state index in [1.807, 2.05) is 0 Å². The molecule has 0 atom stereocenters. The Kier molecular flexibility index (Phi) is 16.9. The molecule has 0 fully saturated rings. The van der Waals surface area contributed by atoms with Gasteiger partial charge in [0.25, 0.3) is 66.4 Å². The monoisotopic (exact) mass is 1370 g/mol. The molecule has 11 N–H and O–H groups in total. The third kappa shape index (κ3) is 12.7. The second-order valence-corrected chi connectivity index (χ2v) is 26.2. The van der Waals surface area contributed by atoms with Gasteiger partial charge in [-0.1, -0.05) is 23.2 Å². The maximum atomic E-state index is 13.1. The normalized spacial score (nSPS) is 13.0. The van der Waals surface area contributed by atoms with Crippen LogP contribution in [0.3, 0.4) is 0 Å². The number of ether oxygens (including phenoxy) is 1. The Balaban J connectivity index is 1.23. The number of halogens is 2. The van der Waals surface area contributed by atoms with Crippen LogP contribution in [0, 0.1) is 21.4 Å². The van der Waals surface area contributed by atoms with E-state index in [0.29, 0.717) is 36.4 Å². The van der Waals surface area contributed by atoms with Crippen LogP contribution in [0.25, 0.3) is 27.2 Å². The quantitative estimate of drug-likeness (QED) is 0.0133. The number of nitro groups is 1. The third-order valence-electron chi connectivity index (χ3n) is 11.7. The molecular formula is C43H27Cl2N13O24S6. The van der Waals surface area contributed by atoms with Crippen molar-refractivity contribution in [2.75, 3.05) is 12.8 Å². The lowest BCUT2D eigenvalue weighted by Gasteiger charge is -2.15. The van der Waals surface area contributed by atoms with Gasteiger partial charge in [0.05, 0.1) is 44.5 Å². The minimum absolute atomic E-state index is 0.00792. The number of nitro benzene ring substituents is 1. The zero-order chi connectivity index (χ0) is 65.3. The van der Waals surface area contributed by atoms with Crippen molar-refractivity contribution in [3.8, 4) is 34.9 Å². The van der Waals surface area contributed by atoms with Gasteiger partial charge >= 0.3 is 0 Å². The molecule has 1 aromatic heterocycles. The maximum absolute atomic E-state index is 13.1. The Hall–Kier alpha value is -9.40. The molecule has 45 heteroatoms. The first kappa shape index (κ1) is 64.6. The highest BCUT2D eigenvalue weighted by atomic mass is 35.5. The molecule has 88 heavy (non-hydrogen) atoms. The minimum atomic E-state index is -5.77. The highest BCUT2D eigenvalue weighted by molar-refractivity contribution is 7.87. The molecule has 0 aliphatic heterocycles. The molecule has 0 unspecified atom stereocenters. The van der Waals surface area contributed by atoms with Crippen molar-refractivity contribution in [2.45, 2.75) is 29.4 Å². The number of rotatable bonds is 17. The van der Waals surface area contributed by atoms with E-state index in [-0.39, 0.29) is 33.6 Å². The topological polar surface area (TPSA) is 606 Å². The first-order valence-electron chi connectivity index (χ1n) is 22.3. The number of phenolic OH excluding ortho intramolecular Hbond substituents is 2. The van der Waals surface area contributed by atoms with Crippen molar-refractivity contribution in [1.82, 2.24) is 9.78 Å². The van der Waals surface area contributed by atoms with Gasteiger partial charge in [0.15, 0.2) is 22.9 Å². The lowest BCUT2D eigenvalue weighted by Crippen LogP contribution is -2.04. The number of anilines is 1. The van der Waals surface area contributed by atoms with Crippen LogP contribution >= 0.6 is 23.2 Å². The van der Waals surface area contributed by atoms with E-state index in [9.17, 15) is 109 Å². The Labute approximate surface area is 499 Å². The SMILES string of the molecule is COc1cc(Cl)c(-n2nc(C#N)c(N=Nc3ccc(N=Nc4c(S(=O)(=O)O)cc5c(S(=O)(=O)O)c(N=Nc6cc(S(=O)(=O)O)c7cc(S(=O)(=O)O)c(N=Nc8ccc([N+](=O)[O-])cc8S(=O)(=O)O)c(O)c7c6N)ccc5c4O)cc3S(=O)(=O)O)c2O)cc1Cl. The van der Waals surface area contributed by atoms with Crippen LogP contribution in [0.5, 0.6) is 23.1 Å². The van der Waals surface area contributed by atoms with Crippen molar-refractivity contribution in [1.29, 1.82) is 5.26 Å². The van der Waals surface area contributed by atoms with Gasteiger partial charge in [0, 0.05) is 34.4 Å². The zero-order valence-electron chi connectivity index (χ0n) is 42.3. The van der Waals surface area contributed by atoms with E-state index >= 15 is 0 Å². The number of aromatic hydroxyl groups is 3. The molecule has 1 heterocycles. The Morgan fingerprint density at radius 3 is 1.60 bits per heavy atom. The van der Waals surface area contributed by atoms with E-state index in [0.717, 1.165) is 22.9 Å². The Morgan fingerprint density at radius 2 is 1.06 bits per heavy atom. The molecule has 37 nitrogen and oxygen atoms in total. The molecule has 458 valence electrons. The van der Waals surface area contributed by atoms with Gasteiger partial charge in [-0.3, -0.25) is 37.4 Å². The number of nitrogen functional groups attached to an aromatic ring is 1. The van der Waals surface area contributed by atoms with E-state index in [4.69, 9.17) is 33.7 Å². The van der Waals surface area contributed by atoms with Crippen LogP contribution in [0.15, 0.2) is 149 Å². The number of benzene rings is 7. The van der Waals surface area contributed by atoms with Gasteiger partial charge in [0.2, 0.25) is 5.88 Å².